The second-order valence-corrected chi connectivity index (χ2v) is 4.80. The molecule has 0 aromatic heterocycles. The molecule has 0 saturated carbocycles. The molecule has 0 amide bonds. The van der Waals surface area contributed by atoms with E-state index in [4.69, 9.17) is 0 Å². The van der Waals surface area contributed by atoms with Gasteiger partial charge in [-0.2, -0.15) is 0 Å². The summed E-state index contributed by atoms with van der Waals surface area (Å²) in [6.45, 7) is 5.37. The number of benzene rings is 1. The first kappa shape index (κ1) is 21.3. The summed E-state index contributed by atoms with van der Waals surface area (Å²) in [5, 5.41) is 3.25. The minimum atomic E-state index is -4.65. The molecular weight excluding hydrogens is 340 g/mol. The van der Waals surface area contributed by atoms with Crippen molar-refractivity contribution in [2.75, 3.05) is 26.2 Å². The van der Waals surface area contributed by atoms with E-state index in [1.165, 1.54) is 6.07 Å². The zero-order valence-electron chi connectivity index (χ0n) is 12.2. The molecule has 1 fully saturated rings. The van der Waals surface area contributed by atoms with E-state index in [1.54, 1.807) is 18.2 Å². The molecule has 1 aliphatic rings. The Morgan fingerprint density at radius 1 is 1.18 bits per heavy atom. The number of hydrogen-bond acceptors (Lipinski definition) is 3. The van der Waals surface area contributed by atoms with Crippen LogP contribution in [0.3, 0.4) is 0 Å². The van der Waals surface area contributed by atoms with Gasteiger partial charge in [0.25, 0.3) is 0 Å². The number of halogens is 5. The predicted molar refractivity (Wildman–Crippen MR) is 85.1 cm³/mol. The maximum Gasteiger partial charge on any atom is 0.573 e. The van der Waals surface area contributed by atoms with Crippen LogP contribution >= 0.6 is 24.8 Å². The fourth-order valence-electron chi connectivity index (χ4n) is 2.64. The SMILES string of the molecule is CC[C@@H](c1ccccc1OC(F)(F)F)N1CCNCC1.Cl.Cl. The highest BCUT2D eigenvalue weighted by Gasteiger charge is 2.33. The highest BCUT2D eigenvalue weighted by Crippen LogP contribution is 2.34. The topological polar surface area (TPSA) is 24.5 Å². The van der Waals surface area contributed by atoms with Crippen LogP contribution in [0.1, 0.15) is 24.9 Å². The molecule has 128 valence electrons. The van der Waals surface area contributed by atoms with Crippen LogP contribution in [0.5, 0.6) is 5.75 Å². The molecule has 22 heavy (non-hydrogen) atoms. The number of para-hydroxylation sites is 1. The lowest BCUT2D eigenvalue weighted by atomic mass is 10.0. The first-order valence-corrected chi connectivity index (χ1v) is 6.80. The molecule has 1 atom stereocenters. The number of alkyl halides is 3. The summed E-state index contributed by atoms with van der Waals surface area (Å²) in [5.41, 5.74) is 0.606. The average Bonchev–Trinajstić information content (AvgIpc) is 2.41. The van der Waals surface area contributed by atoms with Crippen LogP contribution in [0.2, 0.25) is 0 Å². The molecule has 8 heteroatoms. The van der Waals surface area contributed by atoms with E-state index in [-0.39, 0.29) is 36.6 Å². The number of hydrogen-bond donors (Lipinski definition) is 1. The predicted octanol–water partition coefficient (Wildman–Crippen LogP) is 3.79. The van der Waals surface area contributed by atoms with E-state index >= 15 is 0 Å². The molecule has 0 radical (unpaired) electrons. The van der Waals surface area contributed by atoms with Crippen molar-refractivity contribution < 1.29 is 17.9 Å². The lowest BCUT2D eigenvalue weighted by Crippen LogP contribution is -2.45. The number of rotatable bonds is 4. The lowest BCUT2D eigenvalue weighted by Gasteiger charge is -2.35. The van der Waals surface area contributed by atoms with Crippen molar-refractivity contribution >= 4 is 24.8 Å². The van der Waals surface area contributed by atoms with Crippen molar-refractivity contribution in [2.45, 2.75) is 25.7 Å². The fourth-order valence-corrected chi connectivity index (χ4v) is 2.64. The minimum absolute atomic E-state index is 0. The largest absolute Gasteiger partial charge is 0.573 e. The monoisotopic (exact) mass is 360 g/mol. The summed E-state index contributed by atoms with van der Waals surface area (Å²) in [7, 11) is 0. The van der Waals surface area contributed by atoms with Crippen molar-refractivity contribution in [1.82, 2.24) is 10.2 Å². The molecular formula is C14H21Cl2F3N2O. The standard InChI is InChI=1S/C14H19F3N2O.2ClH/c1-2-12(19-9-7-18-8-10-19)11-5-3-4-6-13(11)20-14(15,16)17;;/h3-6,12,18H,2,7-10H2,1H3;2*1H/t12-;;/m0../s1. The van der Waals surface area contributed by atoms with Gasteiger partial charge in [-0.15, -0.1) is 38.0 Å². The summed E-state index contributed by atoms with van der Waals surface area (Å²) in [4.78, 5) is 2.20. The number of ether oxygens (including phenoxy) is 1. The van der Waals surface area contributed by atoms with Crippen molar-refractivity contribution in [2.24, 2.45) is 0 Å². The second-order valence-electron chi connectivity index (χ2n) is 4.80. The third-order valence-electron chi connectivity index (χ3n) is 3.48. The van der Waals surface area contributed by atoms with Crippen LogP contribution in [0, 0.1) is 0 Å². The van der Waals surface area contributed by atoms with Crippen LogP contribution in [0.15, 0.2) is 24.3 Å². The summed E-state index contributed by atoms with van der Waals surface area (Å²) in [6.07, 6.45) is -3.91. The molecule has 1 aromatic rings. The fraction of sp³-hybridized carbons (Fsp3) is 0.571. The Labute approximate surface area is 141 Å². The first-order valence-electron chi connectivity index (χ1n) is 6.80. The Morgan fingerprint density at radius 3 is 2.32 bits per heavy atom. The van der Waals surface area contributed by atoms with E-state index in [2.05, 4.69) is 15.0 Å². The molecule has 0 bridgehead atoms. The van der Waals surface area contributed by atoms with Gasteiger partial charge in [0.15, 0.2) is 0 Å². The minimum Gasteiger partial charge on any atom is -0.405 e. The molecule has 1 aromatic carbocycles. The van der Waals surface area contributed by atoms with Crippen LogP contribution < -0.4 is 10.1 Å². The third kappa shape index (κ3) is 5.83. The molecule has 1 saturated heterocycles. The highest BCUT2D eigenvalue weighted by atomic mass is 35.5. The van der Waals surface area contributed by atoms with Gasteiger partial charge in [-0.1, -0.05) is 25.1 Å². The van der Waals surface area contributed by atoms with E-state index in [0.29, 0.717) is 5.56 Å². The van der Waals surface area contributed by atoms with Gasteiger partial charge in [0.2, 0.25) is 0 Å². The summed E-state index contributed by atoms with van der Waals surface area (Å²) in [5.74, 6) is -0.0922. The van der Waals surface area contributed by atoms with E-state index < -0.39 is 6.36 Å². The van der Waals surface area contributed by atoms with Gasteiger partial charge in [0.05, 0.1) is 0 Å². The zero-order valence-corrected chi connectivity index (χ0v) is 13.9. The normalized spacial score (nSPS) is 17.1. The Morgan fingerprint density at radius 2 is 1.77 bits per heavy atom. The molecule has 2 rings (SSSR count). The number of piperazine rings is 1. The van der Waals surface area contributed by atoms with Crippen LogP contribution in [-0.4, -0.2) is 37.4 Å². The number of nitrogens with one attached hydrogen (secondary N) is 1. The van der Waals surface area contributed by atoms with Crippen LogP contribution in [0.4, 0.5) is 13.2 Å². The maximum absolute atomic E-state index is 12.5. The van der Waals surface area contributed by atoms with Gasteiger partial charge >= 0.3 is 6.36 Å². The second kappa shape index (κ2) is 9.45. The summed E-state index contributed by atoms with van der Waals surface area (Å²) < 4.78 is 41.6. The van der Waals surface area contributed by atoms with Crippen molar-refractivity contribution in [1.29, 1.82) is 0 Å². The smallest absolute Gasteiger partial charge is 0.405 e. The molecule has 0 unspecified atom stereocenters. The molecule has 3 nitrogen and oxygen atoms in total. The van der Waals surface area contributed by atoms with E-state index in [0.717, 1.165) is 32.6 Å². The van der Waals surface area contributed by atoms with Gasteiger partial charge in [0, 0.05) is 37.8 Å². The van der Waals surface area contributed by atoms with Gasteiger partial charge in [-0.3, -0.25) is 4.90 Å². The van der Waals surface area contributed by atoms with Gasteiger partial charge in [-0.05, 0) is 12.5 Å². The van der Waals surface area contributed by atoms with E-state index in [9.17, 15) is 13.2 Å². The number of nitrogens with zero attached hydrogens (tertiary/aromatic N) is 1. The van der Waals surface area contributed by atoms with Crippen molar-refractivity contribution in [3.63, 3.8) is 0 Å². The van der Waals surface area contributed by atoms with E-state index in [1.807, 2.05) is 6.92 Å². The Balaban J connectivity index is 0.00000220. The van der Waals surface area contributed by atoms with Gasteiger partial charge < -0.3 is 10.1 Å². The molecule has 1 heterocycles. The Kier molecular flexibility index (Phi) is 9.15. The Bertz CT molecular complexity index is 440. The third-order valence-corrected chi connectivity index (χ3v) is 3.48. The van der Waals surface area contributed by atoms with Crippen molar-refractivity contribution in [3.05, 3.63) is 29.8 Å². The molecule has 0 spiro atoms. The summed E-state index contributed by atoms with van der Waals surface area (Å²) >= 11 is 0. The average molecular weight is 361 g/mol. The zero-order chi connectivity index (χ0) is 14.6. The molecule has 0 aliphatic carbocycles. The van der Waals surface area contributed by atoms with Gasteiger partial charge in [0.1, 0.15) is 5.75 Å². The summed E-state index contributed by atoms with van der Waals surface area (Å²) in [6, 6.07) is 6.37. The molecule has 1 N–H and O–H groups in total. The van der Waals surface area contributed by atoms with Gasteiger partial charge in [-0.25, -0.2) is 0 Å². The molecule has 1 aliphatic heterocycles. The van der Waals surface area contributed by atoms with Crippen LogP contribution in [0.25, 0.3) is 0 Å². The Hall–Kier alpha value is -0.690. The lowest BCUT2D eigenvalue weighted by molar-refractivity contribution is -0.275. The van der Waals surface area contributed by atoms with Crippen molar-refractivity contribution in [3.8, 4) is 5.75 Å². The van der Waals surface area contributed by atoms with Crippen LogP contribution in [-0.2, 0) is 0 Å². The first-order chi connectivity index (χ1) is 9.51. The maximum atomic E-state index is 12.5. The highest BCUT2D eigenvalue weighted by molar-refractivity contribution is 5.85. The quantitative estimate of drug-likeness (QED) is 0.883.